The summed E-state index contributed by atoms with van der Waals surface area (Å²) in [6.07, 6.45) is 2.41. The molecule has 1 aromatic rings. The van der Waals surface area contributed by atoms with Crippen molar-refractivity contribution in [1.82, 2.24) is 9.71 Å². The Hall–Kier alpha value is -1.54. The van der Waals surface area contributed by atoms with Crippen LogP contribution in [0.25, 0.3) is 0 Å². The predicted molar refractivity (Wildman–Crippen MR) is 74.6 cm³/mol. The van der Waals surface area contributed by atoms with Crippen LogP contribution in [-0.2, 0) is 14.8 Å². The Morgan fingerprint density at radius 1 is 1.43 bits per heavy atom. The number of pyridine rings is 1. The standard InChI is InChI=1S/C13H19FN2O4S/c1-9(2)3-10(4-13(17)18)6-16-21(19,20)12-5-11(14)7-15-8-12/h5,7-10,16H,3-4,6H2,1-2H3,(H,17,18). The lowest BCUT2D eigenvalue weighted by molar-refractivity contribution is -0.138. The van der Waals surface area contributed by atoms with Gasteiger partial charge in [-0.05, 0) is 24.3 Å². The molecule has 1 atom stereocenters. The zero-order chi connectivity index (χ0) is 16.0. The molecule has 0 saturated carbocycles. The number of aromatic nitrogens is 1. The molecule has 0 fully saturated rings. The number of aliphatic carboxylic acids is 1. The fraction of sp³-hybridized carbons (Fsp3) is 0.538. The average Bonchev–Trinajstić information content (AvgIpc) is 2.35. The Kier molecular flexibility index (Phi) is 6.22. The molecule has 0 saturated heterocycles. The van der Waals surface area contributed by atoms with Crippen molar-refractivity contribution in [2.24, 2.45) is 11.8 Å². The van der Waals surface area contributed by atoms with Crippen LogP contribution in [0, 0.1) is 17.7 Å². The van der Waals surface area contributed by atoms with Gasteiger partial charge in [-0.1, -0.05) is 13.8 Å². The van der Waals surface area contributed by atoms with Crippen LogP contribution in [-0.4, -0.2) is 31.0 Å². The monoisotopic (exact) mass is 318 g/mol. The smallest absolute Gasteiger partial charge is 0.303 e. The lowest BCUT2D eigenvalue weighted by Crippen LogP contribution is -2.31. The summed E-state index contributed by atoms with van der Waals surface area (Å²) in [6.45, 7) is 3.85. The number of halogens is 1. The molecule has 21 heavy (non-hydrogen) atoms. The van der Waals surface area contributed by atoms with E-state index in [2.05, 4.69) is 9.71 Å². The van der Waals surface area contributed by atoms with E-state index in [1.54, 1.807) is 0 Å². The van der Waals surface area contributed by atoms with Crippen LogP contribution in [0.4, 0.5) is 4.39 Å². The predicted octanol–water partition coefficient (Wildman–Crippen LogP) is 1.64. The highest BCUT2D eigenvalue weighted by molar-refractivity contribution is 7.89. The fourth-order valence-corrected chi connectivity index (χ4v) is 3.09. The first-order valence-electron chi connectivity index (χ1n) is 6.52. The first-order valence-corrected chi connectivity index (χ1v) is 8.01. The molecule has 0 aromatic carbocycles. The third kappa shape index (κ3) is 6.17. The quantitative estimate of drug-likeness (QED) is 0.759. The van der Waals surface area contributed by atoms with Crippen molar-refractivity contribution < 1.29 is 22.7 Å². The minimum Gasteiger partial charge on any atom is -0.481 e. The van der Waals surface area contributed by atoms with Gasteiger partial charge in [0.1, 0.15) is 10.7 Å². The summed E-state index contributed by atoms with van der Waals surface area (Å²) in [4.78, 5) is 14.0. The second-order valence-electron chi connectivity index (χ2n) is 5.28. The molecule has 0 aliphatic carbocycles. The van der Waals surface area contributed by atoms with Crippen molar-refractivity contribution in [3.63, 3.8) is 0 Å². The molecule has 1 aromatic heterocycles. The van der Waals surface area contributed by atoms with Gasteiger partial charge in [0.05, 0.1) is 6.20 Å². The van der Waals surface area contributed by atoms with E-state index in [4.69, 9.17) is 5.11 Å². The molecule has 8 heteroatoms. The molecule has 6 nitrogen and oxygen atoms in total. The molecular weight excluding hydrogens is 299 g/mol. The average molecular weight is 318 g/mol. The molecular formula is C13H19FN2O4S. The normalized spacial score (nSPS) is 13.3. The number of carboxylic acid groups (broad SMARTS) is 1. The van der Waals surface area contributed by atoms with Gasteiger partial charge in [0.2, 0.25) is 10.0 Å². The van der Waals surface area contributed by atoms with Gasteiger partial charge < -0.3 is 5.11 Å². The molecule has 1 rings (SSSR count). The van der Waals surface area contributed by atoms with Gasteiger partial charge in [-0.2, -0.15) is 0 Å². The molecule has 1 heterocycles. The van der Waals surface area contributed by atoms with Crippen molar-refractivity contribution in [2.45, 2.75) is 31.6 Å². The Balaban J connectivity index is 2.75. The number of sulfonamides is 1. The van der Waals surface area contributed by atoms with Crippen LogP contribution in [0.15, 0.2) is 23.4 Å². The van der Waals surface area contributed by atoms with E-state index in [-0.39, 0.29) is 29.7 Å². The number of carbonyl (C=O) groups is 1. The van der Waals surface area contributed by atoms with Gasteiger partial charge in [0.25, 0.3) is 0 Å². The zero-order valence-corrected chi connectivity index (χ0v) is 12.7. The first-order chi connectivity index (χ1) is 9.70. The molecule has 0 amide bonds. The van der Waals surface area contributed by atoms with E-state index in [0.29, 0.717) is 6.42 Å². The third-order valence-corrected chi connectivity index (χ3v) is 4.21. The lowest BCUT2D eigenvalue weighted by Gasteiger charge is -2.17. The Labute approximate surface area is 123 Å². The summed E-state index contributed by atoms with van der Waals surface area (Å²) >= 11 is 0. The van der Waals surface area contributed by atoms with Crippen molar-refractivity contribution in [2.75, 3.05) is 6.54 Å². The maximum Gasteiger partial charge on any atom is 0.303 e. The van der Waals surface area contributed by atoms with Gasteiger partial charge in [-0.25, -0.2) is 17.5 Å². The maximum atomic E-state index is 13.0. The lowest BCUT2D eigenvalue weighted by atomic mass is 9.94. The number of nitrogens with zero attached hydrogens (tertiary/aromatic N) is 1. The van der Waals surface area contributed by atoms with E-state index >= 15 is 0 Å². The second-order valence-corrected chi connectivity index (χ2v) is 7.05. The van der Waals surface area contributed by atoms with Crippen molar-refractivity contribution >= 4 is 16.0 Å². The number of carboxylic acids is 1. The summed E-state index contributed by atoms with van der Waals surface area (Å²) in [5.74, 6) is -1.80. The van der Waals surface area contributed by atoms with E-state index in [0.717, 1.165) is 18.5 Å². The third-order valence-electron chi connectivity index (χ3n) is 2.82. The largest absolute Gasteiger partial charge is 0.481 e. The maximum absolute atomic E-state index is 13.0. The van der Waals surface area contributed by atoms with Crippen LogP contribution < -0.4 is 4.72 Å². The number of rotatable bonds is 8. The van der Waals surface area contributed by atoms with E-state index in [1.165, 1.54) is 0 Å². The van der Waals surface area contributed by atoms with Crippen molar-refractivity contribution in [1.29, 1.82) is 0 Å². The molecule has 0 aliphatic rings. The SMILES string of the molecule is CC(C)CC(CNS(=O)(=O)c1cncc(F)c1)CC(=O)O. The highest BCUT2D eigenvalue weighted by Crippen LogP contribution is 2.16. The minimum absolute atomic E-state index is 0.0106. The Morgan fingerprint density at radius 3 is 2.62 bits per heavy atom. The van der Waals surface area contributed by atoms with Gasteiger partial charge >= 0.3 is 5.97 Å². The Bertz CT molecular complexity index is 590. The summed E-state index contributed by atoms with van der Waals surface area (Å²) in [7, 11) is -3.89. The highest BCUT2D eigenvalue weighted by Gasteiger charge is 2.20. The Morgan fingerprint density at radius 2 is 2.10 bits per heavy atom. The molecule has 0 aliphatic heterocycles. The molecule has 0 bridgehead atoms. The summed E-state index contributed by atoms with van der Waals surface area (Å²) in [6, 6.07) is 0.865. The van der Waals surface area contributed by atoms with Crippen LogP contribution in [0.1, 0.15) is 26.7 Å². The van der Waals surface area contributed by atoms with Crippen LogP contribution in [0.2, 0.25) is 0 Å². The summed E-state index contributed by atoms with van der Waals surface area (Å²) in [5, 5.41) is 8.84. The summed E-state index contributed by atoms with van der Waals surface area (Å²) < 4.78 is 39.3. The zero-order valence-electron chi connectivity index (χ0n) is 11.9. The van der Waals surface area contributed by atoms with Crippen LogP contribution in [0.3, 0.4) is 0 Å². The van der Waals surface area contributed by atoms with Crippen molar-refractivity contribution in [3.8, 4) is 0 Å². The second kappa shape index (κ2) is 7.46. The van der Waals surface area contributed by atoms with E-state index < -0.39 is 21.8 Å². The van der Waals surface area contributed by atoms with Gasteiger partial charge in [-0.3, -0.25) is 9.78 Å². The summed E-state index contributed by atoms with van der Waals surface area (Å²) in [5.41, 5.74) is 0. The number of hydrogen-bond donors (Lipinski definition) is 2. The number of nitrogens with one attached hydrogen (secondary N) is 1. The van der Waals surface area contributed by atoms with E-state index in [9.17, 15) is 17.6 Å². The van der Waals surface area contributed by atoms with E-state index in [1.807, 2.05) is 13.8 Å². The minimum atomic E-state index is -3.89. The first kappa shape index (κ1) is 17.5. The number of hydrogen-bond acceptors (Lipinski definition) is 4. The molecule has 2 N–H and O–H groups in total. The molecule has 118 valence electrons. The van der Waals surface area contributed by atoms with Crippen molar-refractivity contribution in [3.05, 3.63) is 24.3 Å². The van der Waals surface area contributed by atoms with Crippen LogP contribution in [0.5, 0.6) is 0 Å². The fourth-order valence-electron chi connectivity index (χ4n) is 2.00. The van der Waals surface area contributed by atoms with Gasteiger partial charge in [0.15, 0.2) is 0 Å². The molecule has 0 radical (unpaired) electrons. The molecule has 0 spiro atoms. The topological polar surface area (TPSA) is 96.4 Å². The molecule has 1 unspecified atom stereocenters. The highest BCUT2D eigenvalue weighted by atomic mass is 32.2. The van der Waals surface area contributed by atoms with Crippen LogP contribution >= 0.6 is 0 Å². The van der Waals surface area contributed by atoms with Gasteiger partial charge in [-0.15, -0.1) is 0 Å². The van der Waals surface area contributed by atoms with Gasteiger partial charge in [0, 0.05) is 19.2 Å².